The molecular weight excluding hydrogens is 332 g/mol. The second-order valence-electron chi connectivity index (χ2n) is 7.25. The van der Waals surface area contributed by atoms with Crippen molar-refractivity contribution in [2.75, 3.05) is 19.7 Å². The van der Waals surface area contributed by atoms with Crippen molar-refractivity contribution in [2.24, 2.45) is 0 Å². The second kappa shape index (κ2) is 6.76. The van der Waals surface area contributed by atoms with Crippen LogP contribution >= 0.6 is 0 Å². The van der Waals surface area contributed by atoms with E-state index in [1.165, 1.54) is 0 Å². The first-order valence-corrected chi connectivity index (χ1v) is 9.12. The molecule has 2 saturated heterocycles. The predicted octanol–water partition coefficient (Wildman–Crippen LogP) is 3.13. The highest BCUT2D eigenvalue weighted by atomic mass is 16.6. The normalized spacial score (nSPS) is 21.9. The van der Waals surface area contributed by atoms with E-state index in [1.807, 2.05) is 36.9 Å². The number of likely N-dealkylation sites (tertiary alicyclic amines) is 1. The Morgan fingerprint density at radius 2 is 2.15 bits per heavy atom. The van der Waals surface area contributed by atoms with Crippen LogP contribution in [0.3, 0.4) is 0 Å². The van der Waals surface area contributed by atoms with Crippen LogP contribution in [-0.4, -0.2) is 47.2 Å². The molecule has 2 aromatic rings. The molecule has 2 fully saturated rings. The number of rotatable bonds is 3. The lowest BCUT2D eigenvalue weighted by molar-refractivity contribution is -0.0396. The SMILES string of the molecule is Cc1cc(C(=O)N2CCC3(CC2)C[C@H](Oc2cccnc2)CO3)c(C)o1. The molecule has 4 heterocycles. The van der Waals surface area contributed by atoms with Crippen molar-refractivity contribution in [1.29, 1.82) is 0 Å². The number of furan rings is 1. The molecule has 6 heteroatoms. The van der Waals surface area contributed by atoms with E-state index in [0.29, 0.717) is 31.0 Å². The quantitative estimate of drug-likeness (QED) is 0.845. The minimum atomic E-state index is -0.176. The Labute approximate surface area is 153 Å². The monoisotopic (exact) mass is 356 g/mol. The molecule has 2 aliphatic heterocycles. The number of pyridine rings is 1. The van der Waals surface area contributed by atoms with Crippen LogP contribution in [0.15, 0.2) is 35.0 Å². The van der Waals surface area contributed by atoms with Crippen molar-refractivity contribution in [2.45, 2.75) is 44.8 Å². The van der Waals surface area contributed by atoms with E-state index >= 15 is 0 Å². The van der Waals surface area contributed by atoms with Gasteiger partial charge in [0.15, 0.2) is 0 Å². The third kappa shape index (κ3) is 3.33. The van der Waals surface area contributed by atoms with E-state index in [2.05, 4.69) is 4.98 Å². The molecule has 1 spiro atoms. The van der Waals surface area contributed by atoms with Crippen LogP contribution in [0.5, 0.6) is 5.75 Å². The highest BCUT2D eigenvalue weighted by Crippen LogP contribution is 2.37. The average molecular weight is 356 g/mol. The van der Waals surface area contributed by atoms with E-state index < -0.39 is 0 Å². The summed E-state index contributed by atoms with van der Waals surface area (Å²) in [6.45, 7) is 5.68. The Bertz CT molecular complexity index is 778. The van der Waals surface area contributed by atoms with Gasteiger partial charge in [-0.2, -0.15) is 0 Å². The van der Waals surface area contributed by atoms with Gasteiger partial charge in [0.05, 0.1) is 24.0 Å². The molecular formula is C20H24N2O4. The van der Waals surface area contributed by atoms with E-state index in [1.54, 1.807) is 12.4 Å². The summed E-state index contributed by atoms with van der Waals surface area (Å²) in [5.41, 5.74) is 0.494. The molecule has 2 aromatic heterocycles. The van der Waals surface area contributed by atoms with Crippen molar-refractivity contribution in [3.05, 3.63) is 47.7 Å². The molecule has 0 unspecified atom stereocenters. The number of nitrogens with zero attached hydrogens (tertiary/aromatic N) is 2. The molecule has 0 radical (unpaired) electrons. The number of aromatic nitrogens is 1. The first-order valence-electron chi connectivity index (χ1n) is 9.12. The number of piperidine rings is 1. The van der Waals surface area contributed by atoms with Crippen molar-refractivity contribution >= 4 is 5.91 Å². The maximum Gasteiger partial charge on any atom is 0.257 e. The number of ether oxygens (including phenoxy) is 2. The first kappa shape index (κ1) is 17.1. The van der Waals surface area contributed by atoms with Crippen LogP contribution < -0.4 is 4.74 Å². The Kier molecular flexibility index (Phi) is 4.44. The number of hydrogen-bond acceptors (Lipinski definition) is 5. The van der Waals surface area contributed by atoms with E-state index in [0.717, 1.165) is 30.8 Å². The predicted molar refractivity (Wildman–Crippen MR) is 95.3 cm³/mol. The van der Waals surface area contributed by atoms with Gasteiger partial charge in [-0.25, -0.2) is 0 Å². The molecule has 0 aromatic carbocycles. The zero-order chi connectivity index (χ0) is 18.1. The van der Waals surface area contributed by atoms with Gasteiger partial charge in [0.2, 0.25) is 0 Å². The van der Waals surface area contributed by atoms with Gasteiger partial charge < -0.3 is 18.8 Å². The second-order valence-corrected chi connectivity index (χ2v) is 7.25. The molecule has 0 aliphatic carbocycles. The van der Waals surface area contributed by atoms with Gasteiger partial charge in [0, 0.05) is 25.7 Å². The van der Waals surface area contributed by atoms with Crippen molar-refractivity contribution in [3.8, 4) is 5.75 Å². The number of amides is 1. The zero-order valence-electron chi connectivity index (χ0n) is 15.2. The zero-order valence-corrected chi connectivity index (χ0v) is 15.2. The van der Waals surface area contributed by atoms with Gasteiger partial charge in [-0.05, 0) is 44.9 Å². The highest BCUT2D eigenvalue weighted by molar-refractivity contribution is 5.95. The summed E-state index contributed by atoms with van der Waals surface area (Å²) in [6, 6.07) is 5.60. The molecule has 0 saturated carbocycles. The van der Waals surface area contributed by atoms with Crippen LogP contribution in [0.25, 0.3) is 0 Å². The van der Waals surface area contributed by atoms with E-state index in [-0.39, 0.29) is 17.6 Å². The van der Waals surface area contributed by atoms with Crippen molar-refractivity contribution in [3.63, 3.8) is 0 Å². The van der Waals surface area contributed by atoms with Crippen LogP contribution in [0, 0.1) is 13.8 Å². The van der Waals surface area contributed by atoms with Crippen LogP contribution in [0.2, 0.25) is 0 Å². The Balaban J connectivity index is 1.35. The smallest absolute Gasteiger partial charge is 0.257 e. The number of carbonyl (C=O) groups is 1. The van der Waals surface area contributed by atoms with E-state index in [4.69, 9.17) is 13.9 Å². The van der Waals surface area contributed by atoms with Gasteiger partial charge in [0.25, 0.3) is 5.91 Å². The average Bonchev–Trinajstić information content (AvgIpc) is 3.18. The summed E-state index contributed by atoms with van der Waals surface area (Å²) >= 11 is 0. The molecule has 2 aliphatic rings. The standard InChI is InChI=1S/C20H24N2O4/c1-14-10-18(15(2)25-14)19(23)22-8-5-20(6-9-22)11-17(13-24-20)26-16-4-3-7-21-12-16/h3-4,7,10,12,17H,5-6,8-9,11,13H2,1-2H3/t17-/m0/s1. The maximum atomic E-state index is 12.7. The van der Waals surface area contributed by atoms with Crippen molar-refractivity contribution in [1.82, 2.24) is 9.88 Å². The van der Waals surface area contributed by atoms with Crippen LogP contribution in [0.4, 0.5) is 0 Å². The molecule has 26 heavy (non-hydrogen) atoms. The molecule has 4 rings (SSSR count). The lowest BCUT2D eigenvalue weighted by Crippen LogP contribution is -2.46. The lowest BCUT2D eigenvalue weighted by atomic mass is 9.87. The lowest BCUT2D eigenvalue weighted by Gasteiger charge is -2.38. The number of hydrogen-bond donors (Lipinski definition) is 0. The largest absolute Gasteiger partial charge is 0.486 e. The molecule has 1 amide bonds. The Hall–Kier alpha value is -2.34. The summed E-state index contributed by atoms with van der Waals surface area (Å²) < 4.78 is 17.6. The Morgan fingerprint density at radius 3 is 2.81 bits per heavy atom. The Morgan fingerprint density at radius 1 is 1.35 bits per heavy atom. The molecule has 0 N–H and O–H groups in total. The first-order chi connectivity index (χ1) is 12.5. The summed E-state index contributed by atoms with van der Waals surface area (Å²) in [5, 5.41) is 0. The van der Waals surface area contributed by atoms with E-state index in [9.17, 15) is 4.79 Å². The summed E-state index contributed by atoms with van der Waals surface area (Å²) in [5.74, 6) is 2.29. The third-order valence-corrected chi connectivity index (χ3v) is 5.35. The van der Waals surface area contributed by atoms with Gasteiger partial charge in [0.1, 0.15) is 23.4 Å². The fourth-order valence-corrected chi connectivity index (χ4v) is 3.97. The molecule has 6 nitrogen and oxygen atoms in total. The number of carbonyl (C=O) groups excluding carboxylic acids is 1. The fraction of sp³-hybridized carbons (Fsp3) is 0.500. The molecule has 138 valence electrons. The molecule has 0 bridgehead atoms. The molecule has 1 atom stereocenters. The fourth-order valence-electron chi connectivity index (χ4n) is 3.97. The highest BCUT2D eigenvalue weighted by Gasteiger charge is 2.44. The minimum Gasteiger partial charge on any atom is -0.486 e. The van der Waals surface area contributed by atoms with Gasteiger partial charge in [-0.15, -0.1) is 0 Å². The van der Waals surface area contributed by atoms with Crippen molar-refractivity contribution < 1.29 is 18.7 Å². The number of aryl methyl sites for hydroxylation is 2. The maximum absolute atomic E-state index is 12.7. The topological polar surface area (TPSA) is 64.8 Å². The van der Waals surface area contributed by atoms with Crippen LogP contribution in [-0.2, 0) is 4.74 Å². The van der Waals surface area contributed by atoms with Gasteiger partial charge >= 0.3 is 0 Å². The van der Waals surface area contributed by atoms with Gasteiger partial charge in [-0.3, -0.25) is 9.78 Å². The van der Waals surface area contributed by atoms with Crippen LogP contribution in [0.1, 0.15) is 41.1 Å². The summed E-state index contributed by atoms with van der Waals surface area (Å²) in [4.78, 5) is 18.7. The summed E-state index contributed by atoms with van der Waals surface area (Å²) in [7, 11) is 0. The summed E-state index contributed by atoms with van der Waals surface area (Å²) in [6.07, 6.45) is 6.02. The van der Waals surface area contributed by atoms with Gasteiger partial charge in [-0.1, -0.05) is 0 Å². The third-order valence-electron chi connectivity index (χ3n) is 5.35. The minimum absolute atomic E-state index is 0.0419.